The third-order valence-corrected chi connectivity index (χ3v) is 6.10. The Morgan fingerprint density at radius 3 is 1.48 bits per heavy atom. The van der Waals surface area contributed by atoms with Gasteiger partial charge in [0.25, 0.3) is 0 Å². The molecule has 0 aliphatic heterocycles. The number of ether oxygens (including phenoxy) is 1. The average molecular weight is 370 g/mol. The summed E-state index contributed by atoms with van der Waals surface area (Å²) >= 11 is 0. The lowest BCUT2D eigenvalue weighted by Gasteiger charge is -2.39. The number of hydrogen-bond acceptors (Lipinski definition) is 4. The van der Waals surface area contributed by atoms with Crippen LogP contribution in [0, 0.1) is 11.6 Å². The van der Waals surface area contributed by atoms with Gasteiger partial charge in [0, 0.05) is 25.3 Å². The van der Waals surface area contributed by atoms with E-state index in [1.807, 2.05) is 0 Å². The van der Waals surface area contributed by atoms with Gasteiger partial charge in [0.05, 0.1) is 6.10 Å². The molecule has 0 radical (unpaired) electrons. The van der Waals surface area contributed by atoms with Gasteiger partial charge >= 0.3 is 7.60 Å². The van der Waals surface area contributed by atoms with Crippen LogP contribution in [0.25, 0.3) is 0 Å². The van der Waals surface area contributed by atoms with E-state index in [2.05, 4.69) is 0 Å². The van der Waals surface area contributed by atoms with Crippen molar-refractivity contribution in [2.45, 2.75) is 25.3 Å². The molecule has 0 atom stereocenters. The molecule has 2 aromatic carbocycles. The van der Waals surface area contributed by atoms with Gasteiger partial charge in [0.1, 0.15) is 11.6 Å². The van der Waals surface area contributed by atoms with Crippen LogP contribution in [0.4, 0.5) is 8.78 Å². The second-order valence-corrected chi connectivity index (χ2v) is 8.04. The maximum absolute atomic E-state index is 13.5. The smallest absolute Gasteiger partial charge is 0.351 e. The van der Waals surface area contributed by atoms with E-state index in [1.165, 1.54) is 62.8 Å². The molecule has 0 saturated heterocycles. The van der Waals surface area contributed by atoms with E-state index in [0.717, 1.165) is 0 Å². The molecule has 0 spiro atoms. The monoisotopic (exact) mass is 370 g/mol. The van der Waals surface area contributed by atoms with Gasteiger partial charge in [-0.15, -0.1) is 0 Å². The molecule has 0 N–H and O–H groups in total. The van der Waals surface area contributed by atoms with Gasteiger partial charge in [0.2, 0.25) is 5.34 Å². The van der Waals surface area contributed by atoms with Crippen LogP contribution in [-0.4, -0.2) is 20.3 Å². The van der Waals surface area contributed by atoms with Crippen molar-refractivity contribution in [3.05, 3.63) is 71.3 Å². The Balaban J connectivity index is 2.84. The van der Waals surface area contributed by atoms with Gasteiger partial charge < -0.3 is 13.8 Å². The SMILES string of the molecule is COP(=O)(OC)C(OC(C)C)(c1ccc(F)cc1)c1ccc(F)cc1. The first-order valence-corrected chi connectivity index (χ1v) is 9.25. The lowest BCUT2D eigenvalue weighted by atomic mass is 10.00. The topological polar surface area (TPSA) is 44.8 Å². The predicted molar refractivity (Wildman–Crippen MR) is 91.4 cm³/mol. The molecule has 0 fully saturated rings. The second kappa shape index (κ2) is 7.75. The van der Waals surface area contributed by atoms with Crippen molar-refractivity contribution >= 4 is 7.60 Å². The first-order valence-electron chi connectivity index (χ1n) is 7.70. The molecule has 25 heavy (non-hydrogen) atoms. The zero-order chi connectivity index (χ0) is 18.7. The Labute approximate surface area is 146 Å². The fraction of sp³-hybridized carbons (Fsp3) is 0.333. The summed E-state index contributed by atoms with van der Waals surface area (Å²) < 4.78 is 57.0. The fourth-order valence-corrected chi connectivity index (χ4v) is 4.64. The molecule has 0 aliphatic carbocycles. The van der Waals surface area contributed by atoms with Gasteiger partial charge in [-0.2, -0.15) is 0 Å². The minimum atomic E-state index is -3.92. The predicted octanol–water partition coefficient (Wildman–Crippen LogP) is 5.08. The third-order valence-electron chi connectivity index (χ3n) is 3.74. The van der Waals surface area contributed by atoms with E-state index in [0.29, 0.717) is 11.1 Å². The molecule has 2 aromatic rings. The maximum Gasteiger partial charge on any atom is 0.370 e. The van der Waals surface area contributed by atoms with Crippen LogP contribution >= 0.6 is 7.60 Å². The lowest BCUT2D eigenvalue weighted by Crippen LogP contribution is -2.35. The minimum absolute atomic E-state index is 0.376. The zero-order valence-electron chi connectivity index (χ0n) is 14.5. The zero-order valence-corrected chi connectivity index (χ0v) is 15.4. The first kappa shape index (κ1) is 19.7. The number of hydrogen-bond donors (Lipinski definition) is 0. The second-order valence-electron chi connectivity index (χ2n) is 5.69. The summed E-state index contributed by atoms with van der Waals surface area (Å²) in [6.45, 7) is 3.52. The highest BCUT2D eigenvalue weighted by atomic mass is 31.2. The van der Waals surface area contributed by atoms with Crippen LogP contribution in [0.1, 0.15) is 25.0 Å². The highest BCUT2D eigenvalue weighted by Crippen LogP contribution is 2.67. The number of benzene rings is 2. The largest absolute Gasteiger partial charge is 0.370 e. The average Bonchev–Trinajstić information content (AvgIpc) is 2.60. The summed E-state index contributed by atoms with van der Waals surface area (Å²) in [5.74, 6) is -0.906. The Morgan fingerprint density at radius 2 is 1.20 bits per heavy atom. The normalized spacial score (nSPS) is 12.6. The van der Waals surface area contributed by atoms with Crippen LogP contribution in [0.3, 0.4) is 0 Å². The molecular weight excluding hydrogens is 349 g/mol. The summed E-state index contributed by atoms with van der Waals surface area (Å²) in [5.41, 5.74) is 0.752. The van der Waals surface area contributed by atoms with E-state index >= 15 is 0 Å². The van der Waals surface area contributed by atoms with Crippen molar-refractivity contribution in [2.24, 2.45) is 0 Å². The highest BCUT2D eigenvalue weighted by Gasteiger charge is 2.55. The summed E-state index contributed by atoms with van der Waals surface area (Å²) in [6.07, 6.45) is -0.381. The van der Waals surface area contributed by atoms with Gasteiger partial charge in [-0.1, -0.05) is 24.3 Å². The summed E-state index contributed by atoms with van der Waals surface area (Å²) in [5, 5.41) is -1.67. The number of halogens is 2. The van der Waals surface area contributed by atoms with E-state index in [-0.39, 0.29) is 6.10 Å². The Hall–Kier alpha value is -1.59. The fourth-order valence-electron chi connectivity index (χ4n) is 2.71. The van der Waals surface area contributed by atoms with E-state index in [4.69, 9.17) is 13.8 Å². The highest BCUT2D eigenvalue weighted by molar-refractivity contribution is 7.55. The molecule has 7 heteroatoms. The van der Waals surface area contributed by atoms with Crippen molar-refractivity contribution < 1.29 is 27.1 Å². The molecule has 0 bridgehead atoms. The molecule has 2 rings (SSSR count). The van der Waals surface area contributed by atoms with Crippen molar-refractivity contribution in [2.75, 3.05) is 14.2 Å². The number of rotatable bonds is 7. The molecule has 0 amide bonds. The van der Waals surface area contributed by atoms with Crippen molar-refractivity contribution in [1.29, 1.82) is 0 Å². The van der Waals surface area contributed by atoms with Crippen LogP contribution in [0.15, 0.2) is 48.5 Å². The summed E-state index contributed by atoms with van der Waals surface area (Å²) in [4.78, 5) is 0. The summed E-state index contributed by atoms with van der Waals surface area (Å²) in [6, 6.07) is 10.7. The molecule has 0 heterocycles. The van der Waals surface area contributed by atoms with Crippen molar-refractivity contribution in [3.8, 4) is 0 Å². The molecular formula is C18H21F2O4P. The van der Waals surface area contributed by atoms with Crippen LogP contribution < -0.4 is 0 Å². The van der Waals surface area contributed by atoms with Crippen molar-refractivity contribution in [1.82, 2.24) is 0 Å². The summed E-state index contributed by atoms with van der Waals surface area (Å²) in [7, 11) is -1.43. The maximum atomic E-state index is 13.5. The molecule has 0 unspecified atom stereocenters. The first-order chi connectivity index (χ1) is 11.8. The molecule has 0 aliphatic rings. The standard InChI is InChI=1S/C18H21F2O4P/c1-13(2)24-18(25(21,22-3)23-4,14-5-9-16(19)10-6-14)15-7-11-17(20)12-8-15/h5-13H,1-4H3. The van der Waals surface area contributed by atoms with Gasteiger partial charge in [-0.3, -0.25) is 4.57 Å². The Kier molecular flexibility index (Phi) is 6.12. The van der Waals surface area contributed by atoms with E-state index < -0.39 is 24.6 Å². The van der Waals surface area contributed by atoms with Crippen LogP contribution in [-0.2, 0) is 23.7 Å². The van der Waals surface area contributed by atoms with Crippen LogP contribution in [0.2, 0.25) is 0 Å². The molecule has 0 saturated carbocycles. The van der Waals surface area contributed by atoms with Gasteiger partial charge in [0.15, 0.2) is 0 Å². The quantitative estimate of drug-likeness (QED) is 0.638. The Bertz CT molecular complexity index is 691. The third kappa shape index (κ3) is 3.67. The van der Waals surface area contributed by atoms with E-state index in [9.17, 15) is 13.3 Å². The van der Waals surface area contributed by atoms with Gasteiger partial charge in [-0.05, 0) is 38.1 Å². The van der Waals surface area contributed by atoms with E-state index in [1.54, 1.807) is 13.8 Å². The minimum Gasteiger partial charge on any atom is -0.351 e. The molecule has 136 valence electrons. The molecule has 4 nitrogen and oxygen atoms in total. The van der Waals surface area contributed by atoms with Gasteiger partial charge in [-0.25, -0.2) is 8.78 Å². The molecule has 0 aromatic heterocycles. The van der Waals surface area contributed by atoms with Crippen molar-refractivity contribution in [3.63, 3.8) is 0 Å². The Morgan fingerprint density at radius 1 is 0.840 bits per heavy atom. The van der Waals surface area contributed by atoms with Crippen LogP contribution in [0.5, 0.6) is 0 Å². The lowest BCUT2D eigenvalue weighted by molar-refractivity contribution is -0.0215.